The molecule has 0 saturated carbocycles. The number of ether oxygens (including phenoxy) is 4. The lowest BCUT2D eigenvalue weighted by molar-refractivity contribution is 0.263. The molecular weight excluding hydrogens is 532 g/mol. The minimum atomic E-state index is -0.346. The second kappa shape index (κ2) is 11.0. The SMILES string of the molecule is c1ccc(-c2ccc3c(c2)C(c2ccccc2)CC3(c2ccc(OCC3CO3)cc2)c2ccc(OCC3CO3)cc2)cc1. The summed E-state index contributed by atoms with van der Waals surface area (Å²) < 4.78 is 22.7. The highest BCUT2D eigenvalue weighted by molar-refractivity contribution is 5.70. The smallest absolute Gasteiger partial charge is 0.119 e. The maximum Gasteiger partial charge on any atom is 0.119 e. The molecule has 4 nitrogen and oxygen atoms in total. The fourth-order valence-electron chi connectivity index (χ4n) is 6.65. The van der Waals surface area contributed by atoms with Crippen LogP contribution in [-0.2, 0) is 14.9 Å². The van der Waals surface area contributed by atoms with Crippen LogP contribution in [0.5, 0.6) is 11.5 Å². The molecule has 2 heterocycles. The van der Waals surface area contributed by atoms with Crippen LogP contribution >= 0.6 is 0 Å². The minimum Gasteiger partial charge on any atom is -0.491 e. The molecule has 5 aromatic carbocycles. The topological polar surface area (TPSA) is 43.5 Å². The molecule has 2 fully saturated rings. The molecule has 3 aliphatic rings. The van der Waals surface area contributed by atoms with Crippen LogP contribution in [-0.4, -0.2) is 38.6 Å². The molecule has 0 radical (unpaired) electrons. The van der Waals surface area contributed by atoms with Gasteiger partial charge in [-0.25, -0.2) is 0 Å². The van der Waals surface area contributed by atoms with Gasteiger partial charge >= 0.3 is 0 Å². The quantitative estimate of drug-likeness (QED) is 0.162. The van der Waals surface area contributed by atoms with E-state index in [1.165, 1.54) is 38.9 Å². The molecule has 4 heteroatoms. The van der Waals surface area contributed by atoms with Gasteiger partial charge in [0.1, 0.15) is 36.9 Å². The van der Waals surface area contributed by atoms with Gasteiger partial charge in [0.15, 0.2) is 0 Å². The van der Waals surface area contributed by atoms with Crippen LogP contribution < -0.4 is 9.47 Å². The molecule has 0 spiro atoms. The normalized spacial score (nSPS) is 23.4. The second-order valence-corrected chi connectivity index (χ2v) is 11.8. The van der Waals surface area contributed by atoms with Gasteiger partial charge in [0.05, 0.1) is 13.2 Å². The summed E-state index contributed by atoms with van der Waals surface area (Å²) in [6.07, 6.45) is 1.38. The zero-order valence-corrected chi connectivity index (χ0v) is 24.0. The van der Waals surface area contributed by atoms with Crippen molar-refractivity contribution >= 4 is 0 Å². The zero-order valence-electron chi connectivity index (χ0n) is 24.0. The van der Waals surface area contributed by atoms with Crippen molar-refractivity contribution in [2.45, 2.75) is 30.0 Å². The van der Waals surface area contributed by atoms with Crippen molar-refractivity contribution in [1.82, 2.24) is 0 Å². The Bertz CT molecular complexity index is 1630. The fourth-order valence-corrected chi connectivity index (χ4v) is 6.65. The molecule has 3 unspecified atom stereocenters. The summed E-state index contributed by atoms with van der Waals surface area (Å²) >= 11 is 0. The van der Waals surface area contributed by atoms with Crippen molar-refractivity contribution in [3.05, 3.63) is 155 Å². The number of fused-ring (bicyclic) bond motifs is 1. The Morgan fingerprint density at radius 1 is 0.581 bits per heavy atom. The predicted octanol–water partition coefficient (Wildman–Crippen LogP) is 7.78. The van der Waals surface area contributed by atoms with E-state index >= 15 is 0 Å². The summed E-state index contributed by atoms with van der Waals surface area (Å²) in [5.74, 6) is 1.99. The molecule has 0 N–H and O–H groups in total. The monoisotopic (exact) mass is 566 g/mol. The first kappa shape index (κ1) is 26.3. The number of epoxide rings is 2. The fraction of sp³-hybridized carbons (Fsp3) is 0.231. The molecule has 2 aliphatic heterocycles. The van der Waals surface area contributed by atoms with E-state index in [9.17, 15) is 0 Å². The minimum absolute atomic E-state index is 0.227. The van der Waals surface area contributed by atoms with Gasteiger partial charge in [0.2, 0.25) is 0 Å². The number of hydrogen-bond acceptors (Lipinski definition) is 4. The van der Waals surface area contributed by atoms with Crippen LogP contribution in [0.15, 0.2) is 127 Å². The van der Waals surface area contributed by atoms with E-state index in [-0.39, 0.29) is 23.5 Å². The van der Waals surface area contributed by atoms with Gasteiger partial charge in [-0.05, 0) is 69.6 Å². The van der Waals surface area contributed by atoms with Crippen LogP contribution in [0.25, 0.3) is 11.1 Å². The van der Waals surface area contributed by atoms with Crippen LogP contribution in [0.2, 0.25) is 0 Å². The van der Waals surface area contributed by atoms with Gasteiger partial charge < -0.3 is 18.9 Å². The van der Waals surface area contributed by atoms with Crippen molar-refractivity contribution in [3.8, 4) is 22.6 Å². The number of hydrogen-bond donors (Lipinski definition) is 0. The van der Waals surface area contributed by atoms with Gasteiger partial charge in [0.25, 0.3) is 0 Å². The van der Waals surface area contributed by atoms with Gasteiger partial charge in [-0.3, -0.25) is 0 Å². The zero-order chi connectivity index (χ0) is 28.6. The molecule has 5 aromatic rings. The molecule has 43 heavy (non-hydrogen) atoms. The third kappa shape index (κ3) is 5.22. The van der Waals surface area contributed by atoms with Crippen LogP contribution in [0.3, 0.4) is 0 Å². The van der Waals surface area contributed by atoms with Crippen LogP contribution in [0, 0.1) is 0 Å². The Morgan fingerprint density at radius 2 is 1.12 bits per heavy atom. The van der Waals surface area contributed by atoms with Crippen molar-refractivity contribution < 1.29 is 18.9 Å². The first-order valence-electron chi connectivity index (χ1n) is 15.2. The van der Waals surface area contributed by atoms with Gasteiger partial charge in [-0.1, -0.05) is 103 Å². The summed E-state index contributed by atoms with van der Waals surface area (Å²) in [7, 11) is 0. The van der Waals surface area contributed by atoms with Crippen molar-refractivity contribution in [2.75, 3.05) is 26.4 Å². The molecule has 1 aliphatic carbocycles. The standard InChI is InChI=1S/C39H34O4/c1-3-7-27(8-4-1)29-11-20-38-36(21-29)37(28-9-5-2-6-10-28)22-39(38,30-12-16-32(17-13-30)40-23-34-25-42-34)31-14-18-33(19-15-31)41-24-35-26-43-35/h1-21,34-35,37H,22-26H2. The van der Waals surface area contributed by atoms with E-state index in [1.54, 1.807) is 0 Å². The number of rotatable bonds is 10. The molecule has 0 aromatic heterocycles. The summed E-state index contributed by atoms with van der Waals surface area (Å²) in [5, 5.41) is 0. The molecule has 214 valence electrons. The van der Waals surface area contributed by atoms with Crippen LogP contribution in [0.4, 0.5) is 0 Å². The maximum atomic E-state index is 6.03. The molecule has 0 amide bonds. The van der Waals surface area contributed by atoms with E-state index in [0.29, 0.717) is 13.2 Å². The molecule has 2 saturated heterocycles. The molecule has 8 rings (SSSR count). The summed E-state index contributed by atoms with van der Waals surface area (Å²) in [6.45, 7) is 2.77. The lowest BCUT2D eigenvalue weighted by Crippen LogP contribution is -2.27. The van der Waals surface area contributed by atoms with E-state index in [4.69, 9.17) is 18.9 Å². The highest BCUT2D eigenvalue weighted by Gasteiger charge is 2.47. The predicted molar refractivity (Wildman–Crippen MR) is 168 cm³/mol. The van der Waals surface area contributed by atoms with Crippen molar-refractivity contribution in [3.63, 3.8) is 0 Å². The third-order valence-electron chi connectivity index (χ3n) is 9.08. The van der Waals surface area contributed by atoms with Gasteiger partial charge in [-0.15, -0.1) is 0 Å². The van der Waals surface area contributed by atoms with E-state index in [1.807, 2.05) is 0 Å². The third-order valence-corrected chi connectivity index (χ3v) is 9.08. The van der Waals surface area contributed by atoms with Gasteiger partial charge in [0, 0.05) is 11.3 Å². The second-order valence-electron chi connectivity index (χ2n) is 11.8. The lowest BCUT2D eigenvalue weighted by atomic mass is 9.69. The molecule has 3 atom stereocenters. The van der Waals surface area contributed by atoms with Crippen LogP contribution in [0.1, 0.15) is 40.2 Å². The highest BCUT2D eigenvalue weighted by Crippen LogP contribution is 2.56. The largest absolute Gasteiger partial charge is 0.491 e. The average molecular weight is 567 g/mol. The van der Waals surface area contributed by atoms with Gasteiger partial charge in [-0.2, -0.15) is 0 Å². The Kier molecular flexibility index (Phi) is 6.74. The number of benzene rings is 5. The molecule has 0 bridgehead atoms. The Morgan fingerprint density at radius 3 is 1.65 bits per heavy atom. The first-order chi connectivity index (χ1) is 21.3. The summed E-state index contributed by atoms with van der Waals surface area (Å²) in [6, 6.07) is 46.2. The first-order valence-corrected chi connectivity index (χ1v) is 15.2. The van der Waals surface area contributed by atoms with Crippen molar-refractivity contribution in [2.24, 2.45) is 0 Å². The van der Waals surface area contributed by atoms with Crippen molar-refractivity contribution in [1.29, 1.82) is 0 Å². The lowest BCUT2D eigenvalue weighted by Gasteiger charge is -2.33. The summed E-state index contributed by atoms with van der Waals surface area (Å²) in [4.78, 5) is 0. The Labute approximate surface area is 252 Å². The van der Waals surface area contributed by atoms with E-state index < -0.39 is 0 Å². The summed E-state index contributed by atoms with van der Waals surface area (Å²) in [5.41, 5.74) is 8.71. The molecular formula is C39H34O4. The average Bonchev–Trinajstić information content (AvgIpc) is 4.02. The maximum absolute atomic E-state index is 6.03. The Hall–Kier alpha value is -4.38. The van der Waals surface area contributed by atoms with E-state index in [2.05, 4.69) is 127 Å². The van der Waals surface area contributed by atoms with E-state index in [0.717, 1.165) is 31.1 Å². The Balaban J connectivity index is 1.26. The highest BCUT2D eigenvalue weighted by atomic mass is 16.6.